The molecule has 0 bridgehead atoms. The minimum absolute atomic E-state index is 0.334. The van der Waals surface area contributed by atoms with Crippen molar-refractivity contribution in [1.82, 2.24) is 0 Å². The lowest BCUT2D eigenvalue weighted by atomic mass is 10.1. The first-order valence-corrected chi connectivity index (χ1v) is 5.30. The van der Waals surface area contributed by atoms with Gasteiger partial charge in [-0.2, -0.15) is 0 Å². The molecule has 0 aliphatic carbocycles. The molecule has 5 nitrogen and oxygen atoms in total. The lowest BCUT2D eigenvalue weighted by Crippen LogP contribution is -2.22. The molecule has 0 saturated heterocycles. The number of rotatable bonds is 4. The molecule has 82 valence electrons. The van der Waals surface area contributed by atoms with Crippen molar-refractivity contribution in [1.29, 1.82) is 0 Å². The van der Waals surface area contributed by atoms with E-state index >= 15 is 0 Å². The maximum Gasteiger partial charge on any atom is 0.326 e. The zero-order valence-electron chi connectivity index (χ0n) is 7.79. The van der Waals surface area contributed by atoms with Crippen LogP contribution in [0.4, 0.5) is 0 Å². The van der Waals surface area contributed by atoms with Crippen molar-refractivity contribution < 1.29 is 18.3 Å². The molecule has 1 aromatic rings. The molecular formula is C9H10NO4S-. The van der Waals surface area contributed by atoms with Gasteiger partial charge in [0, 0.05) is 0 Å². The summed E-state index contributed by atoms with van der Waals surface area (Å²) in [6.45, 7) is -0.334. The molecule has 2 atom stereocenters. The summed E-state index contributed by atoms with van der Waals surface area (Å²) in [6.07, 6.45) is 0. The van der Waals surface area contributed by atoms with Gasteiger partial charge in [-0.3, -0.25) is 14.7 Å². The lowest BCUT2D eigenvalue weighted by Gasteiger charge is -2.17. The molecule has 0 aliphatic heterocycles. The molecular weight excluding hydrogens is 218 g/mol. The molecule has 2 N–H and O–H groups in total. The van der Waals surface area contributed by atoms with E-state index in [9.17, 15) is 13.6 Å². The highest BCUT2D eigenvalue weighted by Gasteiger charge is 2.22. The van der Waals surface area contributed by atoms with E-state index in [0.717, 1.165) is 0 Å². The van der Waals surface area contributed by atoms with Gasteiger partial charge in [-0.15, -0.1) is 0 Å². The first-order valence-electron chi connectivity index (χ1n) is 4.16. The summed E-state index contributed by atoms with van der Waals surface area (Å²) in [4.78, 5) is 11.3. The van der Waals surface area contributed by atoms with E-state index < -0.39 is 22.3 Å². The predicted molar refractivity (Wildman–Crippen MR) is 53.2 cm³/mol. The van der Waals surface area contributed by atoms with E-state index in [-0.39, 0.29) is 6.73 Å². The fourth-order valence-electron chi connectivity index (χ4n) is 1.11. The zero-order chi connectivity index (χ0) is 11.3. The maximum atomic E-state index is 11.3. The summed E-state index contributed by atoms with van der Waals surface area (Å²) in [5, 5.41) is -1.31. The smallest absolute Gasteiger partial charge is 0.326 e. The summed E-state index contributed by atoms with van der Waals surface area (Å²) in [7, 11) is 0. The standard InChI is InChI=1S/C9H11NO4S/c10-6-14-9(11)8(15(12)13)7-4-2-1-3-5-7/h1-5,8H,6,10H2,(H,12,13)/p-1. The monoisotopic (exact) mass is 228 g/mol. The van der Waals surface area contributed by atoms with Crippen LogP contribution >= 0.6 is 0 Å². The second-order valence-corrected chi connectivity index (χ2v) is 3.67. The molecule has 0 heterocycles. The summed E-state index contributed by atoms with van der Waals surface area (Å²) < 4.78 is 26.2. The number of benzene rings is 1. The Bertz CT molecular complexity index is 354. The van der Waals surface area contributed by atoms with E-state index in [1.807, 2.05) is 0 Å². The van der Waals surface area contributed by atoms with Crippen LogP contribution in [0.3, 0.4) is 0 Å². The second kappa shape index (κ2) is 5.59. The number of carbonyl (C=O) groups excluding carboxylic acids is 1. The number of hydrogen-bond donors (Lipinski definition) is 1. The van der Waals surface area contributed by atoms with Gasteiger partial charge < -0.3 is 9.29 Å². The SMILES string of the molecule is NCOC(=O)C(c1ccccc1)S(=O)[O-]. The highest BCUT2D eigenvalue weighted by Crippen LogP contribution is 2.19. The Kier molecular flexibility index (Phi) is 4.41. The topological polar surface area (TPSA) is 92.5 Å². The highest BCUT2D eigenvalue weighted by molar-refractivity contribution is 7.80. The van der Waals surface area contributed by atoms with Gasteiger partial charge in [0.05, 0.1) is 0 Å². The minimum Gasteiger partial charge on any atom is -0.771 e. The van der Waals surface area contributed by atoms with Crippen LogP contribution in [0.15, 0.2) is 30.3 Å². The molecule has 15 heavy (non-hydrogen) atoms. The third-order valence-electron chi connectivity index (χ3n) is 1.73. The lowest BCUT2D eigenvalue weighted by molar-refractivity contribution is -0.143. The van der Waals surface area contributed by atoms with Crippen LogP contribution in [0, 0.1) is 0 Å². The molecule has 1 aromatic carbocycles. The molecule has 0 amide bonds. The van der Waals surface area contributed by atoms with Crippen molar-refractivity contribution >= 4 is 17.0 Å². The molecule has 0 saturated carbocycles. The van der Waals surface area contributed by atoms with Crippen LogP contribution in [0.2, 0.25) is 0 Å². The van der Waals surface area contributed by atoms with Crippen molar-refractivity contribution in [3.05, 3.63) is 35.9 Å². The number of nitrogens with two attached hydrogens (primary N) is 1. The van der Waals surface area contributed by atoms with Crippen LogP contribution in [0.25, 0.3) is 0 Å². The Morgan fingerprint density at radius 1 is 1.47 bits per heavy atom. The zero-order valence-corrected chi connectivity index (χ0v) is 8.61. The maximum absolute atomic E-state index is 11.3. The predicted octanol–water partition coefficient (Wildman–Crippen LogP) is 0.0662. The van der Waals surface area contributed by atoms with Gasteiger partial charge in [-0.25, -0.2) is 0 Å². The quantitative estimate of drug-likeness (QED) is 0.447. The van der Waals surface area contributed by atoms with Gasteiger partial charge in [-0.05, 0) is 16.6 Å². The third-order valence-corrected chi connectivity index (χ3v) is 2.58. The van der Waals surface area contributed by atoms with Crippen molar-refractivity contribution in [3.63, 3.8) is 0 Å². The van der Waals surface area contributed by atoms with Crippen LogP contribution < -0.4 is 5.73 Å². The molecule has 2 unspecified atom stereocenters. The summed E-state index contributed by atoms with van der Waals surface area (Å²) >= 11 is -2.57. The number of carbonyl (C=O) groups is 1. The van der Waals surface area contributed by atoms with Gasteiger partial charge >= 0.3 is 5.97 Å². The minimum atomic E-state index is -2.57. The average molecular weight is 228 g/mol. The molecule has 6 heteroatoms. The van der Waals surface area contributed by atoms with Crippen LogP contribution in [-0.2, 0) is 20.6 Å². The number of hydrogen-bond acceptors (Lipinski definition) is 5. The van der Waals surface area contributed by atoms with Crippen molar-refractivity contribution in [2.75, 3.05) is 6.73 Å². The molecule has 1 rings (SSSR count). The highest BCUT2D eigenvalue weighted by atomic mass is 32.2. The number of ether oxygens (including phenoxy) is 1. The normalized spacial score (nSPS) is 14.3. The Balaban J connectivity index is 2.94. The van der Waals surface area contributed by atoms with Crippen LogP contribution in [-0.4, -0.2) is 21.5 Å². The summed E-state index contributed by atoms with van der Waals surface area (Å²) in [6, 6.07) is 8.09. The van der Waals surface area contributed by atoms with Gasteiger partial charge in [0.2, 0.25) is 0 Å². The first-order chi connectivity index (χ1) is 7.16. The Hall–Kier alpha value is -1.24. The van der Waals surface area contributed by atoms with E-state index in [0.29, 0.717) is 5.56 Å². The molecule has 0 aliphatic rings. The van der Waals surface area contributed by atoms with Crippen LogP contribution in [0.5, 0.6) is 0 Å². The summed E-state index contributed by atoms with van der Waals surface area (Å²) in [5.41, 5.74) is 5.37. The largest absolute Gasteiger partial charge is 0.771 e. The van der Waals surface area contributed by atoms with E-state index in [2.05, 4.69) is 4.74 Å². The first kappa shape index (κ1) is 11.8. The van der Waals surface area contributed by atoms with Gasteiger partial charge in [-0.1, -0.05) is 30.3 Å². The molecule has 0 radical (unpaired) electrons. The van der Waals surface area contributed by atoms with Gasteiger partial charge in [0.15, 0.2) is 0 Å². The van der Waals surface area contributed by atoms with Crippen molar-refractivity contribution in [2.24, 2.45) is 5.73 Å². The number of esters is 1. The van der Waals surface area contributed by atoms with E-state index in [1.165, 1.54) is 12.1 Å². The Morgan fingerprint density at radius 3 is 2.53 bits per heavy atom. The Morgan fingerprint density at radius 2 is 2.07 bits per heavy atom. The average Bonchev–Trinajstić information content (AvgIpc) is 2.19. The van der Waals surface area contributed by atoms with Crippen molar-refractivity contribution in [2.45, 2.75) is 5.25 Å². The second-order valence-electron chi connectivity index (χ2n) is 2.68. The molecule has 0 spiro atoms. The molecule has 0 fully saturated rings. The van der Waals surface area contributed by atoms with Gasteiger partial charge in [0.25, 0.3) is 0 Å². The van der Waals surface area contributed by atoms with Crippen molar-refractivity contribution in [3.8, 4) is 0 Å². The fraction of sp³-hybridized carbons (Fsp3) is 0.222. The third kappa shape index (κ3) is 3.12. The van der Waals surface area contributed by atoms with E-state index in [1.54, 1.807) is 18.2 Å². The van der Waals surface area contributed by atoms with Gasteiger partial charge in [0.1, 0.15) is 12.0 Å². The van der Waals surface area contributed by atoms with Crippen LogP contribution in [0.1, 0.15) is 10.8 Å². The molecule has 0 aromatic heterocycles. The van der Waals surface area contributed by atoms with E-state index in [4.69, 9.17) is 5.73 Å². The fourth-order valence-corrected chi connectivity index (χ4v) is 1.72. The Labute approximate surface area is 89.5 Å². The summed E-state index contributed by atoms with van der Waals surface area (Å²) in [5.74, 6) is -0.864.